The van der Waals surface area contributed by atoms with E-state index >= 15 is 0 Å². The van der Waals surface area contributed by atoms with Gasteiger partial charge in [-0.05, 0) is 36.8 Å². The van der Waals surface area contributed by atoms with Crippen LogP contribution >= 0.6 is 11.6 Å². The van der Waals surface area contributed by atoms with Crippen molar-refractivity contribution >= 4 is 34.3 Å². The molecule has 0 radical (unpaired) electrons. The molecule has 19 heavy (non-hydrogen) atoms. The molecule has 1 aliphatic heterocycles. The Bertz CT molecular complexity index is 644. The molecule has 1 atom stereocenters. The molecule has 5 heteroatoms. The van der Waals surface area contributed by atoms with E-state index in [0.29, 0.717) is 18.0 Å². The minimum absolute atomic E-state index is 0.289. The van der Waals surface area contributed by atoms with Crippen LogP contribution in [0.5, 0.6) is 0 Å². The molecule has 98 valence electrons. The number of carboxylic acid groups (broad SMARTS) is 1. The Labute approximate surface area is 115 Å². The zero-order chi connectivity index (χ0) is 13.4. The molecule has 2 aromatic rings. The quantitative estimate of drug-likeness (QED) is 0.916. The van der Waals surface area contributed by atoms with Gasteiger partial charge >= 0.3 is 5.97 Å². The molecule has 1 saturated heterocycles. The zero-order valence-electron chi connectivity index (χ0n) is 10.2. The van der Waals surface area contributed by atoms with Crippen LogP contribution in [-0.2, 0) is 4.79 Å². The van der Waals surface area contributed by atoms with Crippen molar-refractivity contribution in [1.29, 1.82) is 0 Å². The van der Waals surface area contributed by atoms with Crippen molar-refractivity contribution in [2.24, 2.45) is 5.92 Å². The number of carbonyl (C=O) groups is 1. The third-order valence-corrected chi connectivity index (χ3v) is 3.73. The lowest BCUT2D eigenvalue weighted by Crippen LogP contribution is -2.23. The molecule has 1 N–H and O–H groups in total. The second-order valence-electron chi connectivity index (χ2n) is 4.78. The van der Waals surface area contributed by atoms with E-state index in [1.165, 1.54) is 0 Å². The SMILES string of the molecule is O=C(O)C1CCN(c2ccc3cc(Cl)ccc3n2)C1. The highest BCUT2D eigenvalue weighted by Crippen LogP contribution is 2.25. The maximum atomic E-state index is 11.0. The number of carboxylic acids is 1. The predicted octanol–water partition coefficient (Wildman–Crippen LogP) is 2.80. The summed E-state index contributed by atoms with van der Waals surface area (Å²) < 4.78 is 0. The fourth-order valence-corrected chi connectivity index (χ4v) is 2.61. The van der Waals surface area contributed by atoms with Crippen molar-refractivity contribution in [1.82, 2.24) is 4.98 Å². The number of aliphatic carboxylic acids is 1. The van der Waals surface area contributed by atoms with E-state index < -0.39 is 5.97 Å². The number of anilines is 1. The first-order valence-corrected chi connectivity index (χ1v) is 6.55. The van der Waals surface area contributed by atoms with Gasteiger partial charge in [0, 0.05) is 23.5 Å². The minimum Gasteiger partial charge on any atom is -0.481 e. The highest BCUT2D eigenvalue weighted by Gasteiger charge is 2.28. The van der Waals surface area contributed by atoms with Crippen LogP contribution in [0.3, 0.4) is 0 Å². The summed E-state index contributed by atoms with van der Waals surface area (Å²) in [6.07, 6.45) is 0.676. The Kier molecular flexibility index (Phi) is 3.03. The normalized spacial score (nSPS) is 19.0. The molecule has 0 amide bonds. The van der Waals surface area contributed by atoms with Gasteiger partial charge in [0.05, 0.1) is 11.4 Å². The van der Waals surface area contributed by atoms with Gasteiger partial charge in [0.2, 0.25) is 0 Å². The smallest absolute Gasteiger partial charge is 0.308 e. The van der Waals surface area contributed by atoms with Crippen molar-refractivity contribution in [2.75, 3.05) is 18.0 Å². The average molecular weight is 277 g/mol. The number of pyridine rings is 1. The van der Waals surface area contributed by atoms with Crippen molar-refractivity contribution in [2.45, 2.75) is 6.42 Å². The number of fused-ring (bicyclic) bond motifs is 1. The van der Waals surface area contributed by atoms with E-state index in [1.807, 2.05) is 35.2 Å². The van der Waals surface area contributed by atoms with Gasteiger partial charge in [-0.2, -0.15) is 0 Å². The molecule has 1 aliphatic rings. The standard InChI is InChI=1S/C14H13ClN2O2/c15-11-2-3-12-9(7-11)1-4-13(16-12)17-6-5-10(8-17)14(18)19/h1-4,7,10H,5-6,8H2,(H,18,19). The van der Waals surface area contributed by atoms with Crippen LogP contribution in [0.2, 0.25) is 5.02 Å². The number of aromatic nitrogens is 1. The monoisotopic (exact) mass is 276 g/mol. The van der Waals surface area contributed by atoms with Gasteiger partial charge in [-0.3, -0.25) is 4.79 Å². The van der Waals surface area contributed by atoms with Crippen molar-refractivity contribution < 1.29 is 9.90 Å². The number of rotatable bonds is 2. The molecule has 0 aliphatic carbocycles. The molecular weight excluding hydrogens is 264 g/mol. The van der Waals surface area contributed by atoms with Crippen LogP contribution in [0.25, 0.3) is 10.9 Å². The maximum absolute atomic E-state index is 11.0. The summed E-state index contributed by atoms with van der Waals surface area (Å²) >= 11 is 5.94. The van der Waals surface area contributed by atoms with E-state index in [1.54, 1.807) is 0 Å². The van der Waals surface area contributed by atoms with Crippen LogP contribution in [0.15, 0.2) is 30.3 Å². The average Bonchev–Trinajstić information content (AvgIpc) is 2.88. The Morgan fingerprint density at radius 2 is 2.21 bits per heavy atom. The molecule has 0 spiro atoms. The van der Waals surface area contributed by atoms with E-state index in [4.69, 9.17) is 16.7 Å². The fraction of sp³-hybridized carbons (Fsp3) is 0.286. The summed E-state index contributed by atoms with van der Waals surface area (Å²) in [5.41, 5.74) is 0.876. The third-order valence-electron chi connectivity index (χ3n) is 3.50. The number of nitrogens with zero attached hydrogens (tertiary/aromatic N) is 2. The Morgan fingerprint density at radius 1 is 1.37 bits per heavy atom. The van der Waals surface area contributed by atoms with Crippen LogP contribution in [0.4, 0.5) is 5.82 Å². The van der Waals surface area contributed by atoms with Crippen LogP contribution < -0.4 is 4.90 Å². The summed E-state index contributed by atoms with van der Waals surface area (Å²) in [6, 6.07) is 9.45. The molecule has 0 saturated carbocycles. The number of hydrogen-bond acceptors (Lipinski definition) is 3. The van der Waals surface area contributed by atoms with Crippen molar-refractivity contribution in [3.63, 3.8) is 0 Å². The van der Waals surface area contributed by atoms with E-state index in [2.05, 4.69) is 4.98 Å². The first kappa shape index (κ1) is 12.2. The lowest BCUT2D eigenvalue weighted by molar-refractivity contribution is -0.140. The van der Waals surface area contributed by atoms with E-state index in [9.17, 15) is 4.79 Å². The fourth-order valence-electron chi connectivity index (χ4n) is 2.43. The summed E-state index contributed by atoms with van der Waals surface area (Å²) in [6.45, 7) is 1.27. The number of benzene rings is 1. The van der Waals surface area contributed by atoms with E-state index in [-0.39, 0.29) is 5.92 Å². The van der Waals surface area contributed by atoms with Gasteiger partial charge in [-0.25, -0.2) is 4.98 Å². The largest absolute Gasteiger partial charge is 0.481 e. The molecule has 1 fully saturated rings. The van der Waals surface area contributed by atoms with E-state index in [0.717, 1.165) is 23.3 Å². The second-order valence-corrected chi connectivity index (χ2v) is 5.21. The first-order chi connectivity index (χ1) is 9.13. The predicted molar refractivity (Wildman–Crippen MR) is 74.7 cm³/mol. The lowest BCUT2D eigenvalue weighted by atomic mass is 10.1. The summed E-state index contributed by atoms with van der Waals surface area (Å²) in [4.78, 5) is 17.6. The van der Waals surface area contributed by atoms with Gasteiger partial charge in [0.1, 0.15) is 5.82 Å². The summed E-state index contributed by atoms with van der Waals surface area (Å²) in [5.74, 6) is -0.184. The summed E-state index contributed by atoms with van der Waals surface area (Å²) in [7, 11) is 0. The highest BCUT2D eigenvalue weighted by atomic mass is 35.5. The lowest BCUT2D eigenvalue weighted by Gasteiger charge is -2.17. The zero-order valence-corrected chi connectivity index (χ0v) is 11.0. The third kappa shape index (κ3) is 2.36. The molecule has 1 unspecified atom stereocenters. The molecule has 1 aromatic carbocycles. The number of hydrogen-bond donors (Lipinski definition) is 1. The van der Waals surface area contributed by atoms with Crippen LogP contribution in [0, 0.1) is 5.92 Å². The minimum atomic E-state index is -0.727. The molecule has 2 heterocycles. The molecule has 0 bridgehead atoms. The van der Waals surface area contributed by atoms with Gasteiger partial charge in [-0.1, -0.05) is 11.6 Å². The van der Waals surface area contributed by atoms with Gasteiger partial charge in [0.15, 0.2) is 0 Å². The van der Waals surface area contributed by atoms with Gasteiger partial charge < -0.3 is 10.0 Å². The molecular formula is C14H13ClN2O2. The Morgan fingerprint density at radius 3 is 2.95 bits per heavy atom. The summed E-state index contributed by atoms with van der Waals surface area (Å²) in [5, 5.41) is 10.7. The Balaban J connectivity index is 1.90. The van der Waals surface area contributed by atoms with Crippen molar-refractivity contribution in [3.8, 4) is 0 Å². The van der Waals surface area contributed by atoms with Gasteiger partial charge in [0.25, 0.3) is 0 Å². The molecule has 1 aromatic heterocycles. The first-order valence-electron chi connectivity index (χ1n) is 6.17. The molecule has 3 rings (SSSR count). The second kappa shape index (κ2) is 4.70. The highest BCUT2D eigenvalue weighted by molar-refractivity contribution is 6.31. The molecule has 4 nitrogen and oxygen atoms in total. The maximum Gasteiger partial charge on any atom is 0.308 e. The number of halogens is 1. The van der Waals surface area contributed by atoms with Crippen molar-refractivity contribution in [3.05, 3.63) is 35.4 Å². The van der Waals surface area contributed by atoms with Crippen LogP contribution in [0.1, 0.15) is 6.42 Å². The Hall–Kier alpha value is -1.81. The topological polar surface area (TPSA) is 53.4 Å². The van der Waals surface area contributed by atoms with Gasteiger partial charge in [-0.15, -0.1) is 0 Å². The van der Waals surface area contributed by atoms with Crippen LogP contribution in [-0.4, -0.2) is 29.1 Å².